The fourth-order valence-electron chi connectivity index (χ4n) is 5.91. The van der Waals surface area contributed by atoms with E-state index in [1.54, 1.807) is 0 Å². The Morgan fingerprint density at radius 2 is 0.857 bits per heavy atom. The van der Waals surface area contributed by atoms with Crippen LogP contribution in [0.3, 0.4) is 0 Å². The molecule has 5 rings (SSSR count). The summed E-state index contributed by atoms with van der Waals surface area (Å²) in [4.78, 5) is 0. The molecule has 5 aromatic carbocycles. The summed E-state index contributed by atoms with van der Waals surface area (Å²) < 4.78 is 25.7. The van der Waals surface area contributed by atoms with Gasteiger partial charge in [-0.1, -0.05) is 145 Å². The molecule has 0 fully saturated rings. The molecule has 0 N–H and O–H groups in total. The van der Waals surface area contributed by atoms with E-state index in [0.717, 1.165) is 44.4 Å². The van der Waals surface area contributed by atoms with E-state index in [4.69, 9.17) is 18.9 Å². The molecule has 0 bridgehead atoms. The van der Waals surface area contributed by atoms with E-state index in [0.29, 0.717) is 13.2 Å². The summed E-state index contributed by atoms with van der Waals surface area (Å²) >= 11 is 0. The van der Waals surface area contributed by atoms with Crippen molar-refractivity contribution in [2.75, 3.05) is 13.6 Å². The predicted molar refractivity (Wildman–Crippen MR) is 205 cm³/mol. The lowest BCUT2D eigenvalue weighted by atomic mass is 9.85. The molecule has 0 radical (unpaired) electrons. The maximum absolute atomic E-state index is 6.74. The summed E-state index contributed by atoms with van der Waals surface area (Å²) in [5, 5.41) is 3.52. The fourth-order valence-corrected chi connectivity index (χ4v) is 8.64. The molecular formula is C44H51O4P. The standard InChI is InChI=1S/C44H51O4P/c1-32-24-37(43(3,4)5)41(47-30-45-28-34-18-12-9-13-19-34)39(26-32)49(36-22-16-11-17-23-36)40-27-33(2)25-38(44(6,7)8)42(40)48-31-46-29-35-20-14-10-15-21-35/h9-27H,28-31H2,1-8H3. The van der Waals surface area contributed by atoms with Crippen LogP contribution in [-0.2, 0) is 33.5 Å². The SMILES string of the molecule is Cc1cc(P(c2ccccc2)c2cc(C)cc(C(C)(C)C)c2OCOCc2ccccc2)c(OCOCc2ccccc2)c(C(C)(C)C)c1. The van der Waals surface area contributed by atoms with Crippen LogP contribution in [0, 0.1) is 13.8 Å². The van der Waals surface area contributed by atoms with Gasteiger partial charge in [0.2, 0.25) is 0 Å². The molecular weight excluding hydrogens is 623 g/mol. The Hall–Kier alpha value is -3.95. The van der Waals surface area contributed by atoms with Crippen LogP contribution in [0.25, 0.3) is 0 Å². The predicted octanol–water partition coefficient (Wildman–Crippen LogP) is 9.76. The summed E-state index contributed by atoms with van der Waals surface area (Å²) in [5.74, 6) is 1.76. The molecule has 0 saturated carbocycles. The van der Waals surface area contributed by atoms with Crippen molar-refractivity contribution in [2.24, 2.45) is 0 Å². The molecule has 0 aromatic heterocycles. The van der Waals surface area contributed by atoms with Gasteiger partial charge in [0.1, 0.15) is 11.5 Å². The molecule has 49 heavy (non-hydrogen) atoms. The van der Waals surface area contributed by atoms with Gasteiger partial charge < -0.3 is 18.9 Å². The average Bonchev–Trinajstić information content (AvgIpc) is 3.07. The number of ether oxygens (including phenoxy) is 4. The van der Waals surface area contributed by atoms with Gasteiger partial charge in [-0.25, -0.2) is 0 Å². The Kier molecular flexibility index (Phi) is 12.0. The number of rotatable bonds is 13. The molecule has 256 valence electrons. The summed E-state index contributed by atoms with van der Waals surface area (Å²) in [7, 11) is -1.14. The lowest BCUT2D eigenvalue weighted by molar-refractivity contribution is 0.00471. The van der Waals surface area contributed by atoms with Gasteiger partial charge in [-0.15, -0.1) is 0 Å². The maximum Gasteiger partial charge on any atom is 0.189 e. The second-order valence-corrected chi connectivity index (χ2v) is 16.8. The number of hydrogen-bond donors (Lipinski definition) is 0. The minimum absolute atomic E-state index is 0.143. The molecule has 0 amide bonds. The van der Waals surface area contributed by atoms with E-state index in [1.165, 1.54) is 16.4 Å². The van der Waals surface area contributed by atoms with E-state index >= 15 is 0 Å². The van der Waals surface area contributed by atoms with Crippen LogP contribution < -0.4 is 25.4 Å². The Morgan fingerprint density at radius 1 is 0.490 bits per heavy atom. The Morgan fingerprint density at radius 3 is 1.22 bits per heavy atom. The van der Waals surface area contributed by atoms with Crippen LogP contribution in [0.2, 0.25) is 0 Å². The highest BCUT2D eigenvalue weighted by atomic mass is 31.1. The van der Waals surface area contributed by atoms with Gasteiger partial charge in [-0.2, -0.15) is 0 Å². The lowest BCUT2D eigenvalue weighted by Crippen LogP contribution is -2.29. The second kappa shape index (κ2) is 16.2. The van der Waals surface area contributed by atoms with Crippen molar-refractivity contribution in [2.45, 2.75) is 79.4 Å². The van der Waals surface area contributed by atoms with Crippen LogP contribution in [0.1, 0.15) is 74.9 Å². The molecule has 0 atom stereocenters. The zero-order chi connectivity index (χ0) is 35.0. The third kappa shape index (κ3) is 9.61. The van der Waals surface area contributed by atoms with Gasteiger partial charge in [0.25, 0.3) is 0 Å². The van der Waals surface area contributed by atoms with Gasteiger partial charge in [0.15, 0.2) is 13.6 Å². The van der Waals surface area contributed by atoms with Crippen molar-refractivity contribution in [3.05, 3.63) is 149 Å². The molecule has 0 spiro atoms. The van der Waals surface area contributed by atoms with Gasteiger partial charge in [0, 0.05) is 21.7 Å². The van der Waals surface area contributed by atoms with E-state index < -0.39 is 7.92 Å². The Bertz CT molecular complexity index is 1670. The molecule has 4 nitrogen and oxygen atoms in total. The molecule has 0 saturated heterocycles. The third-order valence-corrected chi connectivity index (χ3v) is 10.8. The molecule has 5 heteroatoms. The molecule has 0 heterocycles. The summed E-state index contributed by atoms with van der Waals surface area (Å²) in [6.07, 6.45) is 0. The fraction of sp³-hybridized carbons (Fsp3) is 0.318. The monoisotopic (exact) mass is 674 g/mol. The minimum atomic E-state index is -1.14. The van der Waals surface area contributed by atoms with Crippen LogP contribution in [-0.4, -0.2) is 13.6 Å². The lowest BCUT2D eigenvalue weighted by Gasteiger charge is -2.32. The Labute approximate surface area is 295 Å². The van der Waals surface area contributed by atoms with Crippen molar-refractivity contribution in [3.8, 4) is 11.5 Å². The van der Waals surface area contributed by atoms with Crippen LogP contribution >= 0.6 is 7.92 Å². The summed E-state index contributed by atoms with van der Waals surface area (Å²) in [5.41, 5.74) is 6.60. The zero-order valence-corrected chi connectivity index (χ0v) is 31.3. The van der Waals surface area contributed by atoms with Crippen molar-refractivity contribution in [1.29, 1.82) is 0 Å². The van der Waals surface area contributed by atoms with Crippen molar-refractivity contribution >= 4 is 23.8 Å². The highest BCUT2D eigenvalue weighted by molar-refractivity contribution is 7.80. The highest BCUT2D eigenvalue weighted by Crippen LogP contribution is 2.46. The number of benzene rings is 5. The number of hydrogen-bond acceptors (Lipinski definition) is 4. The normalized spacial score (nSPS) is 11.9. The largest absolute Gasteiger partial charge is 0.467 e. The molecule has 5 aromatic rings. The zero-order valence-electron chi connectivity index (χ0n) is 30.4. The second-order valence-electron chi connectivity index (χ2n) is 14.7. The van der Waals surface area contributed by atoms with Crippen LogP contribution in [0.4, 0.5) is 0 Å². The third-order valence-electron chi connectivity index (χ3n) is 8.34. The molecule has 0 aliphatic rings. The number of aryl methyl sites for hydroxylation is 2. The first-order valence-electron chi connectivity index (χ1n) is 17.1. The van der Waals surface area contributed by atoms with E-state index in [1.807, 2.05) is 36.4 Å². The maximum atomic E-state index is 6.74. The minimum Gasteiger partial charge on any atom is -0.467 e. The van der Waals surface area contributed by atoms with Gasteiger partial charge in [0.05, 0.1) is 13.2 Å². The quantitative estimate of drug-likeness (QED) is 0.0708. The average molecular weight is 675 g/mol. The van der Waals surface area contributed by atoms with E-state index in [9.17, 15) is 0 Å². The highest BCUT2D eigenvalue weighted by Gasteiger charge is 2.32. The molecule has 0 unspecified atom stereocenters. The smallest absolute Gasteiger partial charge is 0.189 e. The van der Waals surface area contributed by atoms with E-state index in [-0.39, 0.29) is 24.4 Å². The van der Waals surface area contributed by atoms with Crippen LogP contribution in [0.15, 0.2) is 115 Å². The molecule has 0 aliphatic carbocycles. The first-order chi connectivity index (χ1) is 23.4. The van der Waals surface area contributed by atoms with Gasteiger partial charge in [-0.3, -0.25) is 0 Å². The van der Waals surface area contributed by atoms with Gasteiger partial charge >= 0.3 is 0 Å². The summed E-state index contributed by atoms with van der Waals surface area (Å²) in [6.45, 7) is 19.1. The van der Waals surface area contributed by atoms with Crippen molar-refractivity contribution in [3.63, 3.8) is 0 Å². The van der Waals surface area contributed by atoms with Gasteiger partial charge in [-0.05, 0) is 72.3 Å². The van der Waals surface area contributed by atoms with E-state index in [2.05, 4.69) is 134 Å². The summed E-state index contributed by atoms with van der Waals surface area (Å²) in [6, 6.07) is 40.4. The topological polar surface area (TPSA) is 36.9 Å². The first kappa shape index (κ1) is 36.3. The van der Waals surface area contributed by atoms with Crippen LogP contribution in [0.5, 0.6) is 11.5 Å². The first-order valence-corrected chi connectivity index (χ1v) is 18.4. The van der Waals surface area contributed by atoms with Crippen molar-refractivity contribution in [1.82, 2.24) is 0 Å². The Balaban J connectivity index is 1.63. The van der Waals surface area contributed by atoms with Crippen molar-refractivity contribution < 1.29 is 18.9 Å². The molecule has 0 aliphatic heterocycles.